The summed E-state index contributed by atoms with van der Waals surface area (Å²) in [6, 6.07) is 5.99. The van der Waals surface area contributed by atoms with Crippen LogP contribution in [0.25, 0.3) is 0 Å². The van der Waals surface area contributed by atoms with Crippen LogP contribution in [-0.2, 0) is 4.79 Å². The predicted molar refractivity (Wildman–Crippen MR) is 68.7 cm³/mol. The number of anilines is 1. The zero-order chi connectivity index (χ0) is 12.3. The highest BCUT2D eigenvalue weighted by atomic mass is 16.1. The average Bonchev–Trinajstić information content (AvgIpc) is 2.33. The van der Waals surface area contributed by atoms with Gasteiger partial charge in [-0.2, -0.15) is 4.99 Å². The van der Waals surface area contributed by atoms with Crippen molar-refractivity contribution in [2.24, 2.45) is 4.99 Å². The molecule has 1 fully saturated rings. The Hall–Kier alpha value is -1.64. The second-order valence-electron chi connectivity index (χ2n) is 4.46. The molecule has 0 saturated carbocycles. The molecule has 0 aromatic heterocycles. The van der Waals surface area contributed by atoms with Crippen LogP contribution in [0.4, 0.5) is 11.4 Å². The number of piperazine rings is 1. The first kappa shape index (κ1) is 11.8. The van der Waals surface area contributed by atoms with Gasteiger partial charge in [0.1, 0.15) is 0 Å². The second-order valence-corrected chi connectivity index (χ2v) is 4.46. The SMILES string of the molecule is Cc1cc(N2CCN(C)CC2)ccc1N=C=O. The minimum atomic E-state index is 0.706. The molecule has 1 aliphatic heterocycles. The van der Waals surface area contributed by atoms with Crippen LogP contribution in [0.5, 0.6) is 0 Å². The minimum absolute atomic E-state index is 0.706. The molecule has 0 bridgehead atoms. The summed E-state index contributed by atoms with van der Waals surface area (Å²) in [5, 5.41) is 0. The van der Waals surface area contributed by atoms with Crippen LogP contribution in [0.15, 0.2) is 23.2 Å². The lowest BCUT2D eigenvalue weighted by Crippen LogP contribution is -2.44. The fourth-order valence-electron chi connectivity index (χ4n) is 2.08. The maximum Gasteiger partial charge on any atom is 0.240 e. The highest BCUT2D eigenvalue weighted by Gasteiger charge is 2.14. The fourth-order valence-corrected chi connectivity index (χ4v) is 2.08. The first-order valence-corrected chi connectivity index (χ1v) is 5.83. The highest BCUT2D eigenvalue weighted by molar-refractivity contribution is 5.60. The van der Waals surface area contributed by atoms with Crippen molar-refractivity contribution in [1.29, 1.82) is 0 Å². The summed E-state index contributed by atoms with van der Waals surface area (Å²) in [5.74, 6) is 0. The van der Waals surface area contributed by atoms with Crippen LogP contribution in [0, 0.1) is 6.92 Å². The Morgan fingerprint density at radius 2 is 1.94 bits per heavy atom. The Bertz CT molecular complexity index is 444. The van der Waals surface area contributed by atoms with Gasteiger partial charge in [0, 0.05) is 31.9 Å². The zero-order valence-corrected chi connectivity index (χ0v) is 10.3. The maximum atomic E-state index is 10.2. The normalized spacial score (nSPS) is 16.7. The maximum absolute atomic E-state index is 10.2. The molecule has 1 saturated heterocycles. The molecule has 0 radical (unpaired) electrons. The third-order valence-corrected chi connectivity index (χ3v) is 3.21. The van der Waals surface area contributed by atoms with Gasteiger partial charge in [-0.05, 0) is 37.7 Å². The average molecular weight is 231 g/mol. The van der Waals surface area contributed by atoms with Gasteiger partial charge >= 0.3 is 0 Å². The van der Waals surface area contributed by atoms with Crippen molar-refractivity contribution in [2.45, 2.75) is 6.92 Å². The van der Waals surface area contributed by atoms with Crippen molar-refractivity contribution in [3.8, 4) is 0 Å². The minimum Gasteiger partial charge on any atom is -0.369 e. The summed E-state index contributed by atoms with van der Waals surface area (Å²) in [6.07, 6.45) is 1.58. The van der Waals surface area contributed by atoms with E-state index in [-0.39, 0.29) is 0 Å². The lowest BCUT2D eigenvalue weighted by Gasteiger charge is -2.34. The van der Waals surface area contributed by atoms with E-state index in [0.29, 0.717) is 5.69 Å². The van der Waals surface area contributed by atoms with Gasteiger partial charge in [-0.15, -0.1) is 0 Å². The molecule has 90 valence electrons. The molecule has 1 aromatic carbocycles. The molecule has 17 heavy (non-hydrogen) atoms. The van der Waals surface area contributed by atoms with E-state index in [9.17, 15) is 4.79 Å². The molecular formula is C13H17N3O. The summed E-state index contributed by atoms with van der Waals surface area (Å²) in [7, 11) is 2.14. The topological polar surface area (TPSA) is 35.9 Å². The standard InChI is InChI=1S/C13H17N3O/c1-11-9-12(3-4-13(11)14-10-17)16-7-5-15(2)6-8-16/h3-4,9H,5-8H2,1-2H3. The monoisotopic (exact) mass is 231 g/mol. The number of carbonyl (C=O) groups excluding carboxylic acids is 1. The van der Waals surface area contributed by atoms with E-state index in [0.717, 1.165) is 31.7 Å². The quantitative estimate of drug-likeness (QED) is 0.574. The summed E-state index contributed by atoms with van der Waals surface area (Å²) in [6.45, 7) is 6.24. The first-order valence-electron chi connectivity index (χ1n) is 5.83. The van der Waals surface area contributed by atoms with E-state index >= 15 is 0 Å². The van der Waals surface area contributed by atoms with Gasteiger partial charge in [-0.3, -0.25) is 0 Å². The molecule has 4 heteroatoms. The molecule has 2 rings (SSSR count). The van der Waals surface area contributed by atoms with Crippen LogP contribution in [0.3, 0.4) is 0 Å². The molecule has 0 spiro atoms. The van der Waals surface area contributed by atoms with Crippen molar-refractivity contribution in [3.05, 3.63) is 23.8 Å². The Kier molecular flexibility index (Phi) is 3.57. The third-order valence-electron chi connectivity index (χ3n) is 3.21. The van der Waals surface area contributed by atoms with Gasteiger partial charge in [-0.25, -0.2) is 4.79 Å². The van der Waals surface area contributed by atoms with Gasteiger partial charge < -0.3 is 9.80 Å². The van der Waals surface area contributed by atoms with E-state index in [2.05, 4.69) is 27.9 Å². The molecule has 0 N–H and O–H groups in total. The summed E-state index contributed by atoms with van der Waals surface area (Å²) in [5.41, 5.74) is 2.93. The molecule has 0 aliphatic carbocycles. The van der Waals surface area contributed by atoms with E-state index in [1.165, 1.54) is 5.69 Å². The van der Waals surface area contributed by atoms with E-state index < -0.39 is 0 Å². The Morgan fingerprint density at radius 1 is 1.24 bits per heavy atom. The molecule has 1 heterocycles. The summed E-state index contributed by atoms with van der Waals surface area (Å²) < 4.78 is 0. The van der Waals surface area contributed by atoms with Crippen molar-refractivity contribution in [2.75, 3.05) is 38.1 Å². The number of nitrogens with zero attached hydrogens (tertiary/aromatic N) is 3. The number of isocyanates is 1. The van der Waals surface area contributed by atoms with Gasteiger partial charge in [-0.1, -0.05) is 0 Å². The number of hydrogen-bond acceptors (Lipinski definition) is 4. The van der Waals surface area contributed by atoms with E-state index in [1.807, 2.05) is 19.1 Å². The van der Waals surface area contributed by atoms with Crippen LogP contribution >= 0.6 is 0 Å². The number of aryl methyl sites for hydroxylation is 1. The molecule has 0 atom stereocenters. The van der Waals surface area contributed by atoms with Crippen molar-refractivity contribution >= 4 is 17.5 Å². The zero-order valence-electron chi connectivity index (χ0n) is 10.3. The van der Waals surface area contributed by atoms with Crippen molar-refractivity contribution < 1.29 is 4.79 Å². The molecule has 0 amide bonds. The number of benzene rings is 1. The van der Waals surface area contributed by atoms with E-state index in [4.69, 9.17) is 0 Å². The largest absolute Gasteiger partial charge is 0.369 e. The van der Waals surface area contributed by atoms with Crippen LogP contribution < -0.4 is 4.90 Å². The van der Waals surface area contributed by atoms with Crippen LogP contribution in [-0.4, -0.2) is 44.2 Å². The second kappa shape index (κ2) is 5.13. The van der Waals surface area contributed by atoms with Crippen molar-refractivity contribution in [3.63, 3.8) is 0 Å². The van der Waals surface area contributed by atoms with Crippen LogP contribution in [0.2, 0.25) is 0 Å². The predicted octanol–water partition coefficient (Wildman–Crippen LogP) is 1.71. The molecule has 1 aliphatic rings. The Balaban J connectivity index is 2.17. The molecule has 0 unspecified atom stereocenters. The van der Waals surface area contributed by atoms with Gasteiger partial charge in [0.2, 0.25) is 6.08 Å². The molecular weight excluding hydrogens is 214 g/mol. The summed E-state index contributed by atoms with van der Waals surface area (Å²) >= 11 is 0. The lowest BCUT2D eigenvalue weighted by molar-refractivity contribution is 0.313. The number of aliphatic imine (C=N–C) groups is 1. The molecule has 4 nitrogen and oxygen atoms in total. The van der Waals surface area contributed by atoms with Crippen LogP contribution in [0.1, 0.15) is 5.56 Å². The third kappa shape index (κ3) is 2.73. The highest BCUT2D eigenvalue weighted by Crippen LogP contribution is 2.25. The number of hydrogen-bond donors (Lipinski definition) is 0. The summed E-state index contributed by atoms with van der Waals surface area (Å²) in [4.78, 5) is 18.6. The van der Waals surface area contributed by atoms with Gasteiger partial charge in [0.05, 0.1) is 5.69 Å². The van der Waals surface area contributed by atoms with Crippen molar-refractivity contribution in [1.82, 2.24) is 4.90 Å². The Labute approximate surface area is 102 Å². The van der Waals surface area contributed by atoms with Gasteiger partial charge in [0.25, 0.3) is 0 Å². The van der Waals surface area contributed by atoms with E-state index in [1.54, 1.807) is 6.08 Å². The lowest BCUT2D eigenvalue weighted by atomic mass is 10.1. The Morgan fingerprint density at radius 3 is 2.53 bits per heavy atom. The first-order chi connectivity index (χ1) is 8.20. The van der Waals surface area contributed by atoms with Gasteiger partial charge in [0.15, 0.2) is 0 Å². The number of rotatable bonds is 2. The molecule has 1 aromatic rings. The number of likely N-dealkylation sites (N-methyl/N-ethyl adjacent to an activating group) is 1. The smallest absolute Gasteiger partial charge is 0.240 e. The fraction of sp³-hybridized carbons (Fsp3) is 0.462.